The van der Waals surface area contributed by atoms with Crippen LogP contribution in [0.3, 0.4) is 0 Å². The van der Waals surface area contributed by atoms with E-state index >= 15 is 0 Å². The maximum Gasteiger partial charge on any atom is 0.265 e. The van der Waals surface area contributed by atoms with E-state index in [1.165, 1.54) is 0 Å². The molecule has 1 N–H and O–H groups in total. The smallest absolute Gasteiger partial charge is 0.265 e. The number of para-hydroxylation sites is 2. The summed E-state index contributed by atoms with van der Waals surface area (Å²) in [6, 6.07) is 24.2. The molecule has 0 aliphatic carbocycles. The third-order valence-electron chi connectivity index (χ3n) is 5.09. The number of amides is 1. The van der Waals surface area contributed by atoms with Crippen LogP contribution in [0.5, 0.6) is 5.75 Å². The monoisotopic (exact) mass is 372 g/mol. The number of hydrogen-bond acceptors (Lipinski definition) is 3. The Kier molecular flexibility index (Phi) is 5.02. The number of rotatable bonds is 4. The third kappa shape index (κ3) is 3.72. The molecule has 1 atom stereocenters. The average molecular weight is 372 g/mol. The summed E-state index contributed by atoms with van der Waals surface area (Å²) in [5.74, 6) is 0.715. The number of carbonyl (C=O) groups excluding carboxylic acids is 1. The van der Waals surface area contributed by atoms with Gasteiger partial charge >= 0.3 is 0 Å². The molecule has 0 radical (unpaired) electrons. The van der Waals surface area contributed by atoms with Crippen molar-refractivity contribution in [1.29, 1.82) is 0 Å². The first-order valence-corrected chi connectivity index (χ1v) is 9.53. The van der Waals surface area contributed by atoms with Crippen LogP contribution in [0, 0.1) is 13.8 Å². The number of ether oxygens (including phenoxy) is 1. The molecule has 28 heavy (non-hydrogen) atoms. The summed E-state index contributed by atoms with van der Waals surface area (Å²) >= 11 is 0. The molecule has 3 aromatic carbocycles. The summed E-state index contributed by atoms with van der Waals surface area (Å²) in [5, 5.41) is 3.55. The van der Waals surface area contributed by atoms with E-state index in [0.29, 0.717) is 6.54 Å². The molecule has 1 amide bonds. The van der Waals surface area contributed by atoms with E-state index in [1.807, 2.05) is 79.4 Å². The minimum Gasteiger partial charge on any atom is -0.483 e. The Hall–Kier alpha value is -3.27. The van der Waals surface area contributed by atoms with E-state index in [-0.39, 0.29) is 18.6 Å². The van der Waals surface area contributed by atoms with Gasteiger partial charge in [0.1, 0.15) is 5.75 Å². The van der Waals surface area contributed by atoms with E-state index in [9.17, 15) is 4.79 Å². The van der Waals surface area contributed by atoms with E-state index in [1.54, 1.807) is 0 Å². The van der Waals surface area contributed by atoms with E-state index in [2.05, 4.69) is 17.4 Å². The van der Waals surface area contributed by atoms with Crippen molar-refractivity contribution in [3.05, 3.63) is 89.5 Å². The number of anilines is 2. The van der Waals surface area contributed by atoms with Gasteiger partial charge in [0.15, 0.2) is 6.61 Å². The molecule has 142 valence electrons. The van der Waals surface area contributed by atoms with Gasteiger partial charge in [-0.05, 0) is 48.7 Å². The van der Waals surface area contributed by atoms with Gasteiger partial charge in [0, 0.05) is 0 Å². The molecule has 4 rings (SSSR count). The largest absolute Gasteiger partial charge is 0.483 e. The molecule has 0 aromatic heterocycles. The fraction of sp³-hybridized carbons (Fsp3) is 0.208. The van der Waals surface area contributed by atoms with Gasteiger partial charge in [-0.3, -0.25) is 4.79 Å². The quantitative estimate of drug-likeness (QED) is 0.709. The fourth-order valence-corrected chi connectivity index (χ4v) is 3.54. The Bertz CT molecular complexity index is 985. The van der Waals surface area contributed by atoms with Crippen LogP contribution < -0.4 is 15.0 Å². The van der Waals surface area contributed by atoms with Crippen LogP contribution in [0.25, 0.3) is 0 Å². The summed E-state index contributed by atoms with van der Waals surface area (Å²) in [5.41, 5.74) is 5.16. The lowest BCUT2D eigenvalue weighted by Gasteiger charge is -2.36. The molecule has 1 unspecified atom stereocenters. The predicted molar refractivity (Wildman–Crippen MR) is 113 cm³/mol. The first-order valence-electron chi connectivity index (χ1n) is 9.53. The van der Waals surface area contributed by atoms with Crippen molar-refractivity contribution in [2.75, 3.05) is 23.4 Å². The van der Waals surface area contributed by atoms with Gasteiger partial charge in [-0.15, -0.1) is 0 Å². The summed E-state index contributed by atoms with van der Waals surface area (Å²) < 4.78 is 5.88. The van der Waals surface area contributed by atoms with Crippen molar-refractivity contribution in [1.82, 2.24) is 0 Å². The van der Waals surface area contributed by atoms with Crippen LogP contribution in [0.2, 0.25) is 0 Å². The number of nitrogens with zero attached hydrogens (tertiary/aromatic N) is 1. The maximum atomic E-state index is 13.1. The fourth-order valence-electron chi connectivity index (χ4n) is 3.54. The summed E-state index contributed by atoms with van der Waals surface area (Å²) in [6.45, 7) is 4.59. The minimum absolute atomic E-state index is 0.0140. The van der Waals surface area contributed by atoms with Gasteiger partial charge in [-0.2, -0.15) is 0 Å². The summed E-state index contributed by atoms with van der Waals surface area (Å²) in [6.07, 6.45) is 0. The van der Waals surface area contributed by atoms with Crippen molar-refractivity contribution >= 4 is 17.3 Å². The number of fused-ring (bicyclic) bond motifs is 1. The second-order valence-electron chi connectivity index (χ2n) is 7.19. The van der Waals surface area contributed by atoms with Crippen LogP contribution in [0.1, 0.15) is 22.7 Å². The first-order chi connectivity index (χ1) is 13.6. The second-order valence-corrected chi connectivity index (χ2v) is 7.19. The lowest BCUT2D eigenvalue weighted by molar-refractivity contribution is -0.120. The highest BCUT2D eigenvalue weighted by Gasteiger charge is 2.29. The Balaban J connectivity index is 1.56. The normalized spacial score (nSPS) is 15.5. The van der Waals surface area contributed by atoms with Crippen molar-refractivity contribution in [3.8, 4) is 5.75 Å². The Labute approximate surface area is 165 Å². The number of nitrogens with one attached hydrogen (secondary N) is 1. The molecule has 1 heterocycles. The highest BCUT2D eigenvalue weighted by atomic mass is 16.5. The highest BCUT2D eigenvalue weighted by molar-refractivity contribution is 5.98. The molecule has 0 fully saturated rings. The van der Waals surface area contributed by atoms with Gasteiger partial charge in [-0.25, -0.2) is 0 Å². The van der Waals surface area contributed by atoms with Crippen LogP contribution in [-0.4, -0.2) is 19.1 Å². The molecule has 0 spiro atoms. The minimum atomic E-state index is -0.0456. The molecule has 4 nitrogen and oxygen atoms in total. The van der Waals surface area contributed by atoms with E-state index in [0.717, 1.165) is 33.8 Å². The van der Waals surface area contributed by atoms with Crippen molar-refractivity contribution in [2.45, 2.75) is 19.9 Å². The van der Waals surface area contributed by atoms with Crippen molar-refractivity contribution in [3.63, 3.8) is 0 Å². The van der Waals surface area contributed by atoms with Crippen LogP contribution in [0.4, 0.5) is 11.4 Å². The molecule has 4 heteroatoms. The van der Waals surface area contributed by atoms with Gasteiger partial charge in [0.25, 0.3) is 5.91 Å². The zero-order valence-electron chi connectivity index (χ0n) is 16.2. The molecular formula is C24H24N2O2. The van der Waals surface area contributed by atoms with Gasteiger partial charge < -0.3 is 15.0 Å². The zero-order chi connectivity index (χ0) is 19.5. The van der Waals surface area contributed by atoms with Gasteiger partial charge in [0.05, 0.1) is 24.0 Å². The highest BCUT2D eigenvalue weighted by Crippen LogP contribution is 2.35. The van der Waals surface area contributed by atoms with Crippen molar-refractivity contribution in [2.24, 2.45) is 0 Å². The Morgan fingerprint density at radius 3 is 2.61 bits per heavy atom. The molecule has 3 aromatic rings. The zero-order valence-corrected chi connectivity index (χ0v) is 16.2. The molecule has 0 bridgehead atoms. The van der Waals surface area contributed by atoms with Crippen molar-refractivity contribution < 1.29 is 9.53 Å². The van der Waals surface area contributed by atoms with E-state index < -0.39 is 0 Å². The molecule has 0 saturated carbocycles. The Morgan fingerprint density at radius 2 is 1.79 bits per heavy atom. The maximum absolute atomic E-state index is 13.1. The second kappa shape index (κ2) is 7.77. The average Bonchev–Trinajstić information content (AvgIpc) is 2.74. The van der Waals surface area contributed by atoms with Gasteiger partial charge in [0.2, 0.25) is 0 Å². The number of aryl methyl sites for hydroxylation is 2. The molecular weight excluding hydrogens is 348 g/mol. The van der Waals surface area contributed by atoms with E-state index in [4.69, 9.17) is 4.74 Å². The SMILES string of the molecule is Cc1ccc(C)c(OCC(=O)N2CC(c3ccccc3)Nc3ccccc32)c1. The topological polar surface area (TPSA) is 41.6 Å². The van der Waals surface area contributed by atoms with Crippen LogP contribution in [-0.2, 0) is 4.79 Å². The lowest BCUT2D eigenvalue weighted by atomic mass is 10.0. The number of carbonyl (C=O) groups is 1. The number of hydrogen-bond donors (Lipinski definition) is 1. The molecule has 1 aliphatic rings. The number of benzene rings is 3. The summed E-state index contributed by atoms with van der Waals surface area (Å²) in [4.78, 5) is 14.9. The lowest BCUT2D eigenvalue weighted by Crippen LogP contribution is -2.43. The first kappa shape index (κ1) is 18.1. The Morgan fingerprint density at radius 1 is 1.04 bits per heavy atom. The van der Waals surface area contributed by atoms with Crippen LogP contribution in [0.15, 0.2) is 72.8 Å². The van der Waals surface area contributed by atoms with Crippen LogP contribution >= 0.6 is 0 Å². The molecule has 0 saturated heterocycles. The summed E-state index contributed by atoms with van der Waals surface area (Å²) in [7, 11) is 0. The standard InChI is InChI=1S/C24H24N2O2/c1-17-12-13-18(2)23(14-17)28-16-24(27)26-15-21(19-8-4-3-5-9-19)25-20-10-6-7-11-22(20)26/h3-14,21,25H,15-16H2,1-2H3. The predicted octanol–water partition coefficient (Wildman–Crippen LogP) is 4.88. The van der Waals surface area contributed by atoms with Gasteiger partial charge in [-0.1, -0.05) is 54.6 Å². The molecule has 1 aliphatic heterocycles. The third-order valence-corrected chi connectivity index (χ3v) is 5.09.